The fourth-order valence-corrected chi connectivity index (χ4v) is 10.9. The molecule has 0 spiro atoms. The Labute approximate surface area is 301 Å². The van der Waals surface area contributed by atoms with Gasteiger partial charge in [-0.15, -0.1) is 0 Å². The molecular formula is C40H68N2O8. The van der Waals surface area contributed by atoms with Gasteiger partial charge < -0.3 is 30.4 Å². The molecule has 50 heavy (non-hydrogen) atoms. The highest BCUT2D eigenvalue weighted by molar-refractivity contribution is 5.71. The van der Waals surface area contributed by atoms with E-state index in [0.717, 1.165) is 77.0 Å². The molecule has 0 unspecified atom stereocenters. The minimum Gasteiger partial charge on any atom is -0.466 e. The maximum Gasteiger partial charge on any atom is 0.307 e. The summed E-state index contributed by atoms with van der Waals surface area (Å²) in [6, 6.07) is 0. The van der Waals surface area contributed by atoms with Crippen LogP contribution in [0.25, 0.3) is 0 Å². The summed E-state index contributed by atoms with van der Waals surface area (Å²) in [6.45, 7) is 12.1. The van der Waals surface area contributed by atoms with Gasteiger partial charge >= 0.3 is 23.9 Å². The molecule has 0 aromatic heterocycles. The summed E-state index contributed by atoms with van der Waals surface area (Å²) < 4.78 is 24.4. The number of hydrogen-bond donors (Lipinski definition) is 2. The van der Waals surface area contributed by atoms with Crippen molar-refractivity contribution in [2.75, 3.05) is 19.7 Å². The van der Waals surface area contributed by atoms with Crippen LogP contribution in [0.4, 0.5) is 0 Å². The van der Waals surface area contributed by atoms with Crippen LogP contribution in [0.5, 0.6) is 0 Å². The number of ether oxygens (including phenoxy) is 4. The van der Waals surface area contributed by atoms with E-state index in [1.165, 1.54) is 0 Å². The number of fused-ring (bicyclic) bond motifs is 5. The van der Waals surface area contributed by atoms with Crippen molar-refractivity contribution in [3.8, 4) is 0 Å². The van der Waals surface area contributed by atoms with Crippen LogP contribution in [0, 0.1) is 46.3 Å². The van der Waals surface area contributed by atoms with E-state index < -0.39 is 0 Å². The Bertz CT molecular complexity index is 1150. The van der Waals surface area contributed by atoms with E-state index in [1.807, 2.05) is 6.92 Å². The van der Waals surface area contributed by atoms with Crippen LogP contribution >= 0.6 is 0 Å². The number of hydrogen-bond acceptors (Lipinski definition) is 10. The Morgan fingerprint density at radius 2 is 1.44 bits per heavy atom. The largest absolute Gasteiger partial charge is 0.466 e. The van der Waals surface area contributed by atoms with Crippen molar-refractivity contribution in [1.82, 2.24) is 0 Å². The zero-order valence-electron chi connectivity index (χ0n) is 31.8. The second kappa shape index (κ2) is 18.5. The zero-order valence-corrected chi connectivity index (χ0v) is 31.8. The third-order valence-corrected chi connectivity index (χ3v) is 13.5. The second-order valence-corrected chi connectivity index (χ2v) is 16.5. The first kappa shape index (κ1) is 40.6. The first-order valence-corrected chi connectivity index (χ1v) is 20.1. The predicted octanol–water partition coefficient (Wildman–Crippen LogP) is 6.64. The molecule has 10 heteroatoms. The minimum atomic E-state index is -0.345. The molecule has 0 heterocycles. The molecule has 11 atom stereocenters. The summed E-state index contributed by atoms with van der Waals surface area (Å²) in [6.07, 6.45) is 11.9. The number of carbonyl (C=O) groups excluding carboxylic acids is 4. The van der Waals surface area contributed by atoms with Crippen LogP contribution in [-0.4, -0.2) is 61.9 Å². The third kappa shape index (κ3) is 9.23. The normalized spacial score (nSPS) is 35.2. The van der Waals surface area contributed by atoms with Crippen LogP contribution in [0.15, 0.2) is 0 Å². The molecule has 0 aromatic carbocycles. The van der Waals surface area contributed by atoms with Crippen LogP contribution < -0.4 is 11.5 Å². The van der Waals surface area contributed by atoms with Crippen molar-refractivity contribution in [2.24, 2.45) is 57.8 Å². The van der Waals surface area contributed by atoms with Crippen molar-refractivity contribution in [3.05, 3.63) is 0 Å². The molecule has 0 aliphatic heterocycles. The summed E-state index contributed by atoms with van der Waals surface area (Å²) in [5, 5.41) is 0. The maximum atomic E-state index is 13.2. The minimum absolute atomic E-state index is 0.0838. The molecule has 4 aliphatic rings. The molecule has 4 rings (SSSR count). The molecule has 0 bridgehead atoms. The number of carbonyl (C=O) groups is 4. The van der Waals surface area contributed by atoms with Crippen molar-refractivity contribution >= 4 is 23.9 Å². The smallest absolute Gasteiger partial charge is 0.307 e. The summed E-state index contributed by atoms with van der Waals surface area (Å²) in [4.78, 5) is 51.5. The van der Waals surface area contributed by atoms with E-state index in [4.69, 9.17) is 30.4 Å². The molecule has 0 amide bonds. The van der Waals surface area contributed by atoms with E-state index in [-0.39, 0.29) is 114 Å². The van der Waals surface area contributed by atoms with Crippen molar-refractivity contribution in [1.29, 1.82) is 0 Å². The van der Waals surface area contributed by atoms with Gasteiger partial charge in [0.1, 0.15) is 18.3 Å². The second-order valence-electron chi connectivity index (χ2n) is 16.5. The Kier molecular flexibility index (Phi) is 15.0. The number of nitrogens with two attached hydrogens (primary N) is 2. The molecule has 4 N–H and O–H groups in total. The van der Waals surface area contributed by atoms with Gasteiger partial charge in [-0.25, -0.2) is 0 Å². The lowest BCUT2D eigenvalue weighted by Crippen LogP contribution is -2.63. The number of unbranched alkanes of at least 4 members (excludes halogenated alkanes) is 3. The first-order chi connectivity index (χ1) is 23.9. The van der Waals surface area contributed by atoms with Gasteiger partial charge in [0.2, 0.25) is 0 Å². The highest BCUT2D eigenvalue weighted by atomic mass is 16.6. The van der Waals surface area contributed by atoms with E-state index in [0.29, 0.717) is 25.9 Å². The average molecular weight is 705 g/mol. The molecule has 0 radical (unpaired) electrons. The Morgan fingerprint density at radius 1 is 0.740 bits per heavy atom. The summed E-state index contributed by atoms with van der Waals surface area (Å²) >= 11 is 0. The van der Waals surface area contributed by atoms with E-state index >= 15 is 0 Å². The van der Waals surface area contributed by atoms with Crippen LogP contribution in [-0.2, 0) is 38.1 Å². The molecular weight excluding hydrogens is 636 g/mol. The lowest BCUT2D eigenvalue weighted by Gasteiger charge is -2.64. The Hall–Kier alpha value is -2.20. The van der Waals surface area contributed by atoms with Gasteiger partial charge in [-0.1, -0.05) is 53.9 Å². The molecule has 286 valence electrons. The standard InChI is InChI=1S/C40H68N2O8/c1-6-8-9-10-22-47-34(43)15-12-26(3)29-13-14-30-38-31(25-33(40(29,30)5)50-37(46)18-21-42)39(4)19-16-28(48-36(45)17-20-41)23-27(39)24-32(38)49-35(44)11-7-2/h26-33,38H,6-25,41-42H2,1-5H3/t26-,27+,28-,29-,30+,31+,32-,33+,38+,39+,40-/m1/s1. The van der Waals surface area contributed by atoms with E-state index in [9.17, 15) is 19.2 Å². The lowest BCUT2D eigenvalue weighted by molar-refractivity contribution is -0.225. The SMILES string of the molecule is CCCCCCOC(=O)CC[C@@H](C)[C@H]1CC[C@H]2[C@@H]3[C@H](OC(=O)CCC)C[C@@H]4C[C@H](OC(=O)CCN)CC[C@]4(C)[C@H]3C[C@H](OC(=O)CCN)[C@]12C. The summed E-state index contributed by atoms with van der Waals surface area (Å²) in [5.74, 6) is 0.325. The Balaban J connectivity index is 1.61. The van der Waals surface area contributed by atoms with Gasteiger partial charge in [0.05, 0.1) is 19.4 Å². The van der Waals surface area contributed by atoms with Crippen molar-refractivity contribution in [3.63, 3.8) is 0 Å². The highest BCUT2D eigenvalue weighted by Crippen LogP contribution is 2.69. The van der Waals surface area contributed by atoms with Crippen LogP contribution in [0.2, 0.25) is 0 Å². The third-order valence-electron chi connectivity index (χ3n) is 13.5. The van der Waals surface area contributed by atoms with Crippen LogP contribution in [0.3, 0.4) is 0 Å². The van der Waals surface area contributed by atoms with Crippen LogP contribution in [0.1, 0.15) is 144 Å². The molecule has 10 nitrogen and oxygen atoms in total. The van der Waals surface area contributed by atoms with Gasteiger partial charge in [-0.3, -0.25) is 19.2 Å². The molecule has 4 fully saturated rings. The highest BCUT2D eigenvalue weighted by Gasteiger charge is 2.67. The molecule has 0 aromatic rings. The van der Waals surface area contributed by atoms with E-state index in [2.05, 4.69) is 27.7 Å². The number of esters is 4. The number of rotatable bonds is 18. The topological polar surface area (TPSA) is 157 Å². The fraction of sp³-hybridized carbons (Fsp3) is 0.900. The summed E-state index contributed by atoms with van der Waals surface area (Å²) in [7, 11) is 0. The van der Waals surface area contributed by atoms with Gasteiger partial charge in [-0.2, -0.15) is 0 Å². The molecule has 4 saturated carbocycles. The van der Waals surface area contributed by atoms with Gasteiger partial charge in [0, 0.05) is 37.3 Å². The fourth-order valence-electron chi connectivity index (χ4n) is 10.9. The Morgan fingerprint density at radius 3 is 2.12 bits per heavy atom. The predicted molar refractivity (Wildman–Crippen MR) is 191 cm³/mol. The monoisotopic (exact) mass is 704 g/mol. The summed E-state index contributed by atoms with van der Waals surface area (Å²) in [5.41, 5.74) is 11.0. The van der Waals surface area contributed by atoms with Gasteiger partial charge in [-0.05, 0) is 99.2 Å². The van der Waals surface area contributed by atoms with Crippen molar-refractivity contribution in [2.45, 2.75) is 162 Å². The lowest BCUT2D eigenvalue weighted by atomic mass is 9.43. The average Bonchev–Trinajstić information content (AvgIpc) is 3.43. The van der Waals surface area contributed by atoms with Crippen molar-refractivity contribution < 1.29 is 38.1 Å². The quantitative estimate of drug-likeness (QED) is 0.0901. The molecule has 0 saturated heterocycles. The maximum absolute atomic E-state index is 13.2. The zero-order chi connectivity index (χ0) is 36.5. The van der Waals surface area contributed by atoms with Gasteiger partial charge in [0.25, 0.3) is 0 Å². The first-order valence-electron chi connectivity index (χ1n) is 20.1. The molecule has 4 aliphatic carbocycles. The van der Waals surface area contributed by atoms with Gasteiger partial charge in [0.15, 0.2) is 0 Å². The van der Waals surface area contributed by atoms with E-state index in [1.54, 1.807) is 0 Å².